The molecule has 0 saturated heterocycles. The molecular formula is C13H13NO3S. The minimum atomic E-state index is -4.15. The van der Waals surface area contributed by atoms with Crippen molar-refractivity contribution >= 4 is 10.1 Å². The predicted octanol–water partition coefficient (Wildman–Crippen LogP) is 2.23. The van der Waals surface area contributed by atoms with Gasteiger partial charge >= 0.3 is 0 Å². The summed E-state index contributed by atoms with van der Waals surface area (Å²) < 4.78 is 31.0. The number of hydrogen-bond acceptors (Lipinski definition) is 3. The van der Waals surface area contributed by atoms with Crippen molar-refractivity contribution in [1.29, 1.82) is 0 Å². The number of aromatic nitrogens is 1. The molecule has 0 spiro atoms. The van der Waals surface area contributed by atoms with Gasteiger partial charge in [0.2, 0.25) is 0 Å². The number of benzene rings is 1. The molecule has 0 atom stereocenters. The van der Waals surface area contributed by atoms with Crippen LogP contribution in [0, 0.1) is 6.92 Å². The normalized spacial score (nSPS) is 11.4. The van der Waals surface area contributed by atoms with Crippen molar-refractivity contribution in [3.05, 3.63) is 59.4 Å². The zero-order valence-electron chi connectivity index (χ0n) is 9.87. The maximum Gasteiger partial charge on any atom is 0.294 e. The molecule has 94 valence electrons. The summed E-state index contributed by atoms with van der Waals surface area (Å²) in [6, 6.07) is 11.9. The van der Waals surface area contributed by atoms with Crippen LogP contribution in [-0.2, 0) is 16.5 Å². The second-order valence-corrected chi connectivity index (χ2v) is 5.49. The van der Waals surface area contributed by atoms with Crippen LogP contribution in [0.5, 0.6) is 0 Å². The lowest BCUT2D eigenvalue weighted by Crippen LogP contribution is -2.00. The Bertz CT molecular complexity index is 665. The van der Waals surface area contributed by atoms with Gasteiger partial charge in [-0.3, -0.25) is 9.54 Å². The fourth-order valence-corrected chi connectivity index (χ4v) is 2.27. The number of rotatable bonds is 3. The fourth-order valence-electron chi connectivity index (χ4n) is 1.72. The van der Waals surface area contributed by atoms with Gasteiger partial charge < -0.3 is 0 Å². The summed E-state index contributed by atoms with van der Waals surface area (Å²) in [5.74, 6) is 0. The second-order valence-electron chi connectivity index (χ2n) is 4.07. The van der Waals surface area contributed by atoms with Crippen molar-refractivity contribution in [2.45, 2.75) is 18.2 Å². The standard InChI is InChI=1S/C13H13NO3S/c1-10-4-2-6-12(14-10)8-11-5-3-7-13(9-11)18(15,16)17/h2-7,9H,8H2,1H3,(H,15,16,17). The van der Waals surface area contributed by atoms with E-state index in [1.54, 1.807) is 12.1 Å². The van der Waals surface area contributed by atoms with Gasteiger partial charge in [0.1, 0.15) is 0 Å². The summed E-state index contributed by atoms with van der Waals surface area (Å²) in [6.45, 7) is 1.90. The Kier molecular flexibility index (Phi) is 3.45. The third-order valence-electron chi connectivity index (χ3n) is 2.53. The third-order valence-corrected chi connectivity index (χ3v) is 3.38. The summed E-state index contributed by atoms with van der Waals surface area (Å²) >= 11 is 0. The molecular weight excluding hydrogens is 250 g/mol. The first-order valence-electron chi connectivity index (χ1n) is 5.44. The number of nitrogens with zero attached hydrogens (tertiary/aromatic N) is 1. The molecule has 0 fully saturated rings. The average molecular weight is 263 g/mol. The summed E-state index contributed by atoms with van der Waals surface area (Å²) in [7, 11) is -4.15. The molecule has 2 rings (SSSR count). The fraction of sp³-hybridized carbons (Fsp3) is 0.154. The lowest BCUT2D eigenvalue weighted by Gasteiger charge is -2.04. The van der Waals surface area contributed by atoms with E-state index in [1.165, 1.54) is 12.1 Å². The Labute approximate surface area is 106 Å². The number of aryl methyl sites for hydroxylation is 1. The van der Waals surface area contributed by atoms with Gasteiger partial charge in [-0.2, -0.15) is 8.42 Å². The smallest absolute Gasteiger partial charge is 0.282 e. The van der Waals surface area contributed by atoms with Crippen LogP contribution in [0.4, 0.5) is 0 Å². The Morgan fingerprint density at radius 3 is 2.56 bits per heavy atom. The van der Waals surface area contributed by atoms with Crippen LogP contribution in [0.2, 0.25) is 0 Å². The van der Waals surface area contributed by atoms with E-state index in [0.29, 0.717) is 6.42 Å². The van der Waals surface area contributed by atoms with Crippen LogP contribution in [-0.4, -0.2) is 18.0 Å². The summed E-state index contributed by atoms with van der Waals surface area (Å²) in [6.07, 6.45) is 0.533. The molecule has 0 bridgehead atoms. The maximum atomic E-state index is 11.0. The van der Waals surface area contributed by atoms with Crippen molar-refractivity contribution in [3.8, 4) is 0 Å². The van der Waals surface area contributed by atoms with E-state index in [2.05, 4.69) is 4.98 Å². The highest BCUT2D eigenvalue weighted by atomic mass is 32.2. The molecule has 1 N–H and O–H groups in total. The predicted molar refractivity (Wildman–Crippen MR) is 68.0 cm³/mol. The van der Waals surface area contributed by atoms with Crippen LogP contribution in [0.1, 0.15) is 17.0 Å². The molecule has 0 unspecified atom stereocenters. The monoisotopic (exact) mass is 263 g/mol. The first-order chi connectivity index (χ1) is 8.45. The van der Waals surface area contributed by atoms with Gasteiger partial charge in [-0.25, -0.2) is 0 Å². The summed E-state index contributed by atoms with van der Waals surface area (Å²) in [5, 5.41) is 0. The topological polar surface area (TPSA) is 67.3 Å². The first-order valence-corrected chi connectivity index (χ1v) is 6.88. The van der Waals surface area contributed by atoms with Crippen molar-refractivity contribution in [2.24, 2.45) is 0 Å². The van der Waals surface area contributed by atoms with E-state index in [9.17, 15) is 8.42 Å². The quantitative estimate of drug-likeness (QED) is 0.862. The van der Waals surface area contributed by atoms with Crippen molar-refractivity contribution in [3.63, 3.8) is 0 Å². The van der Waals surface area contributed by atoms with Gasteiger partial charge in [0, 0.05) is 17.8 Å². The molecule has 5 heteroatoms. The van der Waals surface area contributed by atoms with Crippen LogP contribution in [0.25, 0.3) is 0 Å². The molecule has 1 aromatic heterocycles. The first kappa shape index (κ1) is 12.7. The van der Waals surface area contributed by atoms with E-state index >= 15 is 0 Å². The van der Waals surface area contributed by atoms with Crippen LogP contribution in [0.3, 0.4) is 0 Å². The lowest BCUT2D eigenvalue weighted by atomic mass is 10.1. The largest absolute Gasteiger partial charge is 0.294 e. The summed E-state index contributed by atoms with van der Waals surface area (Å²) in [4.78, 5) is 4.26. The molecule has 0 aliphatic heterocycles. The van der Waals surface area contributed by atoms with E-state index in [-0.39, 0.29) is 4.90 Å². The van der Waals surface area contributed by atoms with E-state index in [4.69, 9.17) is 4.55 Å². The Morgan fingerprint density at radius 1 is 1.17 bits per heavy atom. The second kappa shape index (κ2) is 4.88. The van der Waals surface area contributed by atoms with Crippen molar-refractivity contribution < 1.29 is 13.0 Å². The Hall–Kier alpha value is -1.72. The van der Waals surface area contributed by atoms with E-state index < -0.39 is 10.1 Å². The Morgan fingerprint density at radius 2 is 1.89 bits per heavy atom. The van der Waals surface area contributed by atoms with Crippen molar-refractivity contribution in [1.82, 2.24) is 4.98 Å². The minimum absolute atomic E-state index is 0.0901. The van der Waals surface area contributed by atoms with Gasteiger partial charge in [-0.05, 0) is 36.8 Å². The number of pyridine rings is 1. The van der Waals surface area contributed by atoms with Gasteiger partial charge in [-0.15, -0.1) is 0 Å². The zero-order chi connectivity index (χ0) is 13.2. The molecule has 0 aliphatic carbocycles. The molecule has 1 heterocycles. The Balaban J connectivity index is 2.30. The van der Waals surface area contributed by atoms with Crippen LogP contribution >= 0.6 is 0 Å². The lowest BCUT2D eigenvalue weighted by molar-refractivity contribution is 0.483. The SMILES string of the molecule is Cc1cccc(Cc2cccc(S(=O)(=O)O)c2)n1. The highest BCUT2D eigenvalue weighted by Gasteiger charge is 2.09. The van der Waals surface area contributed by atoms with Gasteiger partial charge in [0.05, 0.1) is 4.90 Å². The molecule has 0 amide bonds. The molecule has 0 radical (unpaired) electrons. The highest BCUT2D eigenvalue weighted by Crippen LogP contribution is 2.14. The van der Waals surface area contributed by atoms with Crippen molar-refractivity contribution in [2.75, 3.05) is 0 Å². The van der Waals surface area contributed by atoms with Gasteiger partial charge in [0.15, 0.2) is 0 Å². The molecule has 18 heavy (non-hydrogen) atoms. The minimum Gasteiger partial charge on any atom is -0.282 e. The van der Waals surface area contributed by atoms with Crippen LogP contribution < -0.4 is 0 Å². The molecule has 2 aromatic rings. The third kappa shape index (κ3) is 3.15. The summed E-state index contributed by atoms with van der Waals surface area (Å²) in [5.41, 5.74) is 2.57. The van der Waals surface area contributed by atoms with Crippen LogP contribution in [0.15, 0.2) is 47.4 Å². The van der Waals surface area contributed by atoms with E-state index in [0.717, 1.165) is 17.0 Å². The zero-order valence-corrected chi connectivity index (χ0v) is 10.7. The maximum absolute atomic E-state index is 11.0. The van der Waals surface area contributed by atoms with Gasteiger partial charge in [-0.1, -0.05) is 18.2 Å². The molecule has 1 aromatic carbocycles. The van der Waals surface area contributed by atoms with E-state index in [1.807, 2.05) is 25.1 Å². The highest BCUT2D eigenvalue weighted by molar-refractivity contribution is 7.85. The molecule has 4 nitrogen and oxygen atoms in total. The molecule has 0 saturated carbocycles. The van der Waals surface area contributed by atoms with Gasteiger partial charge in [0.25, 0.3) is 10.1 Å². The molecule has 0 aliphatic rings. The number of hydrogen-bond donors (Lipinski definition) is 1. The average Bonchev–Trinajstić information content (AvgIpc) is 2.28.